The van der Waals surface area contributed by atoms with Crippen LogP contribution in [-0.4, -0.2) is 50.1 Å². The molecule has 2 aromatic rings. The zero-order valence-electron chi connectivity index (χ0n) is 12.8. The highest BCUT2D eigenvalue weighted by molar-refractivity contribution is 7.17. The van der Waals surface area contributed by atoms with Gasteiger partial charge in [-0.3, -0.25) is 9.69 Å². The third-order valence-corrected chi connectivity index (χ3v) is 5.27. The standard InChI is InChI=1S/C17H20ClN3OS/c18-14-3-1-13(2-4-14)15-5-6-16(23-15)17(22)20-9-12-21-10-7-19-8-11-21/h1-6,19H,7-12H2,(H,20,22). The van der Waals surface area contributed by atoms with E-state index in [-0.39, 0.29) is 5.91 Å². The molecule has 1 amide bonds. The summed E-state index contributed by atoms with van der Waals surface area (Å²) in [5.41, 5.74) is 1.08. The fourth-order valence-electron chi connectivity index (χ4n) is 2.58. The van der Waals surface area contributed by atoms with Crippen molar-refractivity contribution in [3.05, 3.63) is 46.3 Å². The maximum atomic E-state index is 12.2. The van der Waals surface area contributed by atoms with Crippen LogP contribution in [0.15, 0.2) is 36.4 Å². The Kier molecular flexibility index (Phi) is 5.67. The first-order chi connectivity index (χ1) is 11.2. The Labute approximate surface area is 145 Å². The van der Waals surface area contributed by atoms with Gasteiger partial charge in [-0.1, -0.05) is 23.7 Å². The second kappa shape index (κ2) is 7.93. The van der Waals surface area contributed by atoms with E-state index < -0.39 is 0 Å². The van der Waals surface area contributed by atoms with Gasteiger partial charge in [0.15, 0.2) is 0 Å². The smallest absolute Gasteiger partial charge is 0.261 e. The van der Waals surface area contributed by atoms with Gasteiger partial charge in [0, 0.05) is 49.2 Å². The van der Waals surface area contributed by atoms with Gasteiger partial charge in [0.1, 0.15) is 0 Å². The fraction of sp³-hybridized carbons (Fsp3) is 0.353. The lowest BCUT2D eigenvalue weighted by atomic mass is 10.2. The van der Waals surface area contributed by atoms with Crippen molar-refractivity contribution in [2.75, 3.05) is 39.3 Å². The Hall–Kier alpha value is -1.40. The maximum absolute atomic E-state index is 12.2. The zero-order valence-corrected chi connectivity index (χ0v) is 14.4. The number of halogens is 1. The van der Waals surface area contributed by atoms with Crippen LogP contribution in [0.3, 0.4) is 0 Å². The van der Waals surface area contributed by atoms with Gasteiger partial charge in [0.05, 0.1) is 4.88 Å². The van der Waals surface area contributed by atoms with Gasteiger partial charge in [0.2, 0.25) is 0 Å². The molecule has 0 spiro atoms. The van der Waals surface area contributed by atoms with Crippen LogP contribution in [0.4, 0.5) is 0 Å². The van der Waals surface area contributed by atoms with Gasteiger partial charge in [-0.2, -0.15) is 0 Å². The number of amides is 1. The van der Waals surface area contributed by atoms with E-state index in [2.05, 4.69) is 15.5 Å². The third kappa shape index (κ3) is 4.54. The zero-order chi connectivity index (χ0) is 16.1. The molecule has 0 unspecified atom stereocenters. The number of piperazine rings is 1. The summed E-state index contributed by atoms with van der Waals surface area (Å²) in [5.74, 6) is 0.00495. The molecule has 1 saturated heterocycles. The van der Waals surface area contributed by atoms with Crippen LogP contribution in [0.1, 0.15) is 9.67 Å². The van der Waals surface area contributed by atoms with Crippen molar-refractivity contribution in [2.24, 2.45) is 0 Å². The summed E-state index contributed by atoms with van der Waals surface area (Å²) in [6.45, 7) is 5.76. The first-order valence-corrected chi connectivity index (χ1v) is 8.99. The van der Waals surface area contributed by atoms with E-state index in [1.54, 1.807) is 0 Å². The molecule has 0 radical (unpaired) electrons. The molecular weight excluding hydrogens is 330 g/mol. The van der Waals surface area contributed by atoms with Crippen molar-refractivity contribution in [2.45, 2.75) is 0 Å². The fourth-order valence-corrected chi connectivity index (χ4v) is 3.63. The molecule has 1 aromatic heterocycles. The Morgan fingerprint density at radius 1 is 1.17 bits per heavy atom. The summed E-state index contributed by atoms with van der Waals surface area (Å²) >= 11 is 7.41. The van der Waals surface area contributed by atoms with E-state index in [0.717, 1.165) is 53.1 Å². The minimum atomic E-state index is 0.00495. The second-order valence-corrected chi connectivity index (χ2v) is 7.04. The van der Waals surface area contributed by atoms with E-state index in [9.17, 15) is 4.79 Å². The quantitative estimate of drug-likeness (QED) is 0.872. The van der Waals surface area contributed by atoms with E-state index in [4.69, 9.17) is 11.6 Å². The molecule has 0 aliphatic carbocycles. The molecule has 0 atom stereocenters. The molecule has 2 heterocycles. The van der Waals surface area contributed by atoms with Crippen molar-refractivity contribution >= 4 is 28.8 Å². The largest absolute Gasteiger partial charge is 0.350 e. The van der Waals surface area contributed by atoms with Crippen LogP contribution < -0.4 is 10.6 Å². The van der Waals surface area contributed by atoms with Crippen LogP contribution in [0.25, 0.3) is 10.4 Å². The number of nitrogens with zero attached hydrogens (tertiary/aromatic N) is 1. The Bertz CT molecular complexity index is 650. The van der Waals surface area contributed by atoms with Gasteiger partial charge in [0.25, 0.3) is 5.91 Å². The summed E-state index contributed by atoms with van der Waals surface area (Å²) in [6, 6.07) is 11.5. The minimum absolute atomic E-state index is 0.00495. The molecular formula is C17H20ClN3OS. The molecule has 0 bridgehead atoms. The second-order valence-electron chi connectivity index (χ2n) is 5.52. The Morgan fingerprint density at radius 2 is 1.91 bits per heavy atom. The van der Waals surface area contributed by atoms with E-state index >= 15 is 0 Å². The molecule has 2 N–H and O–H groups in total. The summed E-state index contributed by atoms with van der Waals surface area (Å²) in [4.78, 5) is 16.4. The average Bonchev–Trinajstić information content (AvgIpc) is 3.06. The summed E-state index contributed by atoms with van der Waals surface area (Å²) in [5, 5.41) is 7.05. The molecule has 1 aliphatic heterocycles. The molecule has 1 aromatic carbocycles. The monoisotopic (exact) mass is 349 g/mol. The maximum Gasteiger partial charge on any atom is 0.261 e. The molecule has 1 aliphatic rings. The van der Waals surface area contributed by atoms with Crippen molar-refractivity contribution in [3.63, 3.8) is 0 Å². The number of hydrogen-bond donors (Lipinski definition) is 2. The molecule has 3 rings (SSSR count). The van der Waals surface area contributed by atoms with Crippen molar-refractivity contribution in [1.29, 1.82) is 0 Å². The first kappa shape index (κ1) is 16.5. The number of nitrogens with one attached hydrogen (secondary N) is 2. The number of thiophene rings is 1. The lowest BCUT2D eigenvalue weighted by Crippen LogP contribution is -2.46. The highest BCUT2D eigenvalue weighted by Crippen LogP contribution is 2.28. The van der Waals surface area contributed by atoms with E-state index in [1.807, 2.05) is 36.4 Å². The highest BCUT2D eigenvalue weighted by atomic mass is 35.5. The summed E-state index contributed by atoms with van der Waals surface area (Å²) < 4.78 is 0. The Balaban J connectivity index is 1.52. The third-order valence-electron chi connectivity index (χ3n) is 3.88. The highest BCUT2D eigenvalue weighted by Gasteiger charge is 2.12. The lowest BCUT2D eigenvalue weighted by molar-refractivity contribution is 0.0951. The van der Waals surface area contributed by atoms with Crippen molar-refractivity contribution in [1.82, 2.24) is 15.5 Å². The predicted octanol–water partition coefficient (Wildman–Crippen LogP) is 2.70. The van der Waals surface area contributed by atoms with E-state index in [1.165, 1.54) is 11.3 Å². The molecule has 4 nitrogen and oxygen atoms in total. The van der Waals surface area contributed by atoms with Gasteiger partial charge in [-0.15, -0.1) is 11.3 Å². The number of rotatable bonds is 5. The first-order valence-electron chi connectivity index (χ1n) is 7.79. The molecule has 122 valence electrons. The molecule has 0 saturated carbocycles. The molecule has 1 fully saturated rings. The van der Waals surface area contributed by atoms with E-state index in [0.29, 0.717) is 6.54 Å². The Morgan fingerprint density at radius 3 is 2.65 bits per heavy atom. The minimum Gasteiger partial charge on any atom is -0.350 e. The van der Waals surface area contributed by atoms with Gasteiger partial charge < -0.3 is 10.6 Å². The normalized spacial score (nSPS) is 15.5. The topological polar surface area (TPSA) is 44.4 Å². The van der Waals surface area contributed by atoms with Crippen LogP contribution in [-0.2, 0) is 0 Å². The summed E-state index contributed by atoms with van der Waals surface area (Å²) in [7, 11) is 0. The number of benzene rings is 1. The van der Waals surface area contributed by atoms with Crippen LogP contribution in [0.2, 0.25) is 5.02 Å². The van der Waals surface area contributed by atoms with Crippen LogP contribution >= 0.6 is 22.9 Å². The predicted molar refractivity (Wildman–Crippen MR) is 96.4 cm³/mol. The van der Waals surface area contributed by atoms with Gasteiger partial charge in [-0.25, -0.2) is 0 Å². The van der Waals surface area contributed by atoms with Crippen molar-refractivity contribution < 1.29 is 4.79 Å². The van der Waals surface area contributed by atoms with Crippen LogP contribution in [0, 0.1) is 0 Å². The summed E-state index contributed by atoms with van der Waals surface area (Å²) in [6.07, 6.45) is 0. The average molecular weight is 350 g/mol. The van der Waals surface area contributed by atoms with Crippen molar-refractivity contribution in [3.8, 4) is 10.4 Å². The molecule has 23 heavy (non-hydrogen) atoms. The lowest BCUT2D eigenvalue weighted by Gasteiger charge is -2.26. The number of carbonyl (C=O) groups is 1. The van der Waals surface area contributed by atoms with Gasteiger partial charge in [-0.05, 0) is 29.8 Å². The SMILES string of the molecule is O=C(NCCN1CCNCC1)c1ccc(-c2ccc(Cl)cc2)s1. The number of carbonyl (C=O) groups excluding carboxylic acids is 1. The molecule has 6 heteroatoms. The number of hydrogen-bond acceptors (Lipinski definition) is 4. The van der Waals surface area contributed by atoms with Crippen LogP contribution in [0.5, 0.6) is 0 Å². The van der Waals surface area contributed by atoms with Gasteiger partial charge >= 0.3 is 0 Å².